The van der Waals surface area contributed by atoms with Gasteiger partial charge in [-0.2, -0.15) is 4.98 Å². The summed E-state index contributed by atoms with van der Waals surface area (Å²) in [6.07, 6.45) is 2.68. The summed E-state index contributed by atoms with van der Waals surface area (Å²) in [6, 6.07) is 10.2. The topological polar surface area (TPSA) is 61.4 Å². The molecular weight excluding hydrogens is 290 g/mol. The Morgan fingerprint density at radius 3 is 2.70 bits per heavy atom. The highest BCUT2D eigenvalue weighted by molar-refractivity contribution is 5.49. The van der Waals surface area contributed by atoms with E-state index in [0.717, 1.165) is 38.4 Å². The molecule has 1 aromatic carbocycles. The fourth-order valence-electron chi connectivity index (χ4n) is 2.65. The number of aryl methyl sites for hydroxylation is 1. The van der Waals surface area contributed by atoms with Crippen LogP contribution in [0.4, 0.5) is 11.8 Å². The minimum atomic E-state index is 0.628. The lowest BCUT2D eigenvalue weighted by Crippen LogP contribution is -2.46. The molecule has 1 fully saturated rings. The molecule has 23 heavy (non-hydrogen) atoms. The Bertz CT molecular complexity index is 668. The van der Waals surface area contributed by atoms with E-state index < -0.39 is 0 Å². The molecule has 0 radical (unpaired) electrons. The molecule has 3 rings (SSSR count). The lowest BCUT2D eigenvalue weighted by atomic mass is 10.1. The summed E-state index contributed by atoms with van der Waals surface area (Å²) >= 11 is 0. The number of carbonyl (C=O) groups is 1. The molecule has 2 heterocycles. The van der Waals surface area contributed by atoms with Crippen molar-refractivity contribution in [3.05, 3.63) is 47.7 Å². The zero-order chi connectivity index (χ0) is 16.1. The fourth-order valence-corrected chi connectivity index (χ4v) is 2.65. The summed E-state index contributed by atoms with van der Waals surface area (Å²) in [5.74, 6) is 1.53. The van der Waals surface area contributed by atoms with Gasteiger partial charge in [0.25, 0.3) is 0 Å². The molecule has 1 N–H and O–H groups in total. The first-order chi connectivity index (χ1) is 11.3. The van der Waals surface area contributed by atoms with Gasteiger partial charge in [-0.1, -0.05) is 24.3 Å². The molecule has 0 unspecified atom stereocenters. The smallest absolute Gasteiger partial charge is 0.224 e. The number of hydrogen-bond donors (Lipinski definition) is 1. The fraction of sp³-hybridized carbons (Fsp3) is 0.353. The van der Waals surface area contributed by atoms with Crippen molar-refractivity contribution in [2.75, 3.05) is 36.4 Å². The van der Waals surface area contributed by atoms with Gasteiger partial charge in [-0.05, 0) is 24.1 Å². The van der Waals surface area contributed by atoms with Crippen LogP contribution in [-0.4, -0.2) is 47.5 Å². The highest BCUT2D eigenvalue weighted by Crippen LogP contribution is 2.15. The summed E-state index contributed by atoms with van der Waals surface area (Å²) in [5.41, 5.74) is 2.49. The third-order valence-electron chi connectivity index (χ3n) is 4.13. The van der Waals surface area contributed by atoms with Gasteiger partial charge in [0.1, 0.15) is 5.82 Å². The average molecular weight is 311 g/mol. The molecule has 0 bridgehead atoms. The molecule has 6 heteroatoms. The molecule has 1 aromatic heterocycles. The Balaban J connectivity index is 1.64. The van der Waals surface area contributed by atoms with E-state index in [0.29, 0.717) is 12.5 Å². The van der Waals surface area contributed by atoms with Crippen LogP contribution in [0.25, 0.3) is 0 Å². The first-order valence-electron chi connectivity index (χ1n) is 7.82. The molecule has 0 aliphatic carbocycles. The molecule has 6 nitrogen and oxygen atoms in total. The number of nitrogens with zero attached hydrogens (tertiary/aromatic N) is 4. The predicted octanol–water partition coefficient (Wildman–Crippen LogP) is 1.68. The summed E-state index contributed by atoms with van der Waals surface area (Å²) in [4.78, 5) is 23.6. The van der Waals surface area contributed by atoms with Crippen molar-refractivity contribution in [2.24, 2.45) is 0 Å². The van der Waals surface area contributed by atoms with Gasteiger partial charge in [0.2, 0.25) is 12.4 Å². The third-order valence-corrected chi connectivity index (χ3v) is 4.13. The monoisotopic (exact) mass is 311 g/mol. The second-order valence-corrected chi connectivity index (χ2v) is 5.65. The molecule has 1 saturated heterocycles. The van der Waals surface area contributed by atoms with Crippen molar-refractivity contribution in [2.45, 2.75) is 13.5 Å². The molecule has 2 aromatic rings. The number of rotatable bonds is 5. The van der Waals surface area contributed by atoms with E-state index in [1.807, 2.05) is 18.2 Å². The molecule has 0 spiro atoms. The van der Waals surface area contributed by atoms with Crippen molar-refractivity contribution in [1.82, 2.24) is 14.9 Å². The molecule has 1 aliphatic heterocycles. The zero-order valence-electron chi connectivity index (χ0n) is 13.3. The van der Waals surface area contributed by atoms with Crippen LogP contribution >= 0.6 is 0 Å². The van der Waals surface area contributed by atoms with Crippen LogP contribution in [0, 0.1) is 6.92 Å². The number of hydrogen-bond acceptors (Lipinski definition) is 5. The van der Waals surface area contributed by atoms with Crippen molar-refractivity contribution in [3.8, 4) is 0 Å². The van der Waals surface area contributed by atoms with Crippen LogP contribution in [0.5, 0.6) is 0 Å². The van der Waals surface area contributed by atoms with Crippen LogP contribution in [0.15, 0.2) is 36.5 Å². The van der Waals surface area contributed by atoms with E-state index in [-0.39, 0.29) is 0 Å². The van der Waals surface area contributed by atoms with Gasteiger partial charge in [0, 0.05) is 38.9 Å². The number of benzene rings is 1. The van der Waals surface area contributed by atoms with Gasteiger partial charge < -0.3 is 15.1 Å². The maximum atomic E-state index is 10.8. The summed E-state index contributed by atoms with van der Waals surface area (Å²) in [5, 5.41) is 3.29. The molecule has 1 aliphatic rings. The van der Waals surface area contributed by atoms with Crippen molar-refractivity contribution >= 4 is 18.2 Å². The summed E-state index contributed by atoms with van der Waals surface area (Å²) < 4.78 is 0. The molecule has 120 valence electrons. The van der Waals surface area contributed by atoms with E-state index in [9.17, 15) is 4.79 Å². The van der Waals surface area contributed by atoms with Crippen LogP contribution in [0.3, 0.4) is 0 Å². The van der Waals surface area contributed by atoms with Crippen LogP contribution < -0.4 is 10.2 Å². The maximum Gasteiger partial charge on any atom is 0.224 e. The van der Waals surface area contributed by atoms with E-state index >= 15 is 0 Å². The van der Waals surface area contributed by atoms with E-state index in [1.54, 1.807) is 11.1 Å². The standard InChI is InChI=1S/C17H21N5O/c1-14-4-2-3-5-15(14)12-19-17-18-7-6-16(20-17)22-10-8-21(13-23)9-11-22/h2-7,13H,8-12H2,1H3,(H,18,19,20). The van der Waals surface area contributed by atoms with Gasteiger partial charge in [-0.25, -0.2) is 4.98 Å². The van der Waals surface area contributed by atoms with Crippen LogP contribution in [-0.2, 0) is 11.3 Å². The quantitative estimate of drug-likeness (QED) is 0.851. The number of piperazine rings is 1. The Kier molecular flexibility index (Phi) is 4.71. The summed E-state index contributed by atoms with van der Waals surface area (Å²) in [6.45, 7) is 5.87. The first kappa shape index (κ1) is 15.3. The summed E-state index contributed by atoms with van der Waals surface area (Å²) in [7, 11) is 0. The van der Waals surface area contributed by atoms with Gasteiger partial charge in [-0.3, -0.25) is 4.79 Å². The second kappa shape index (κ2) is 7.09. The highest BCUT2D eigenvalue weighted by atomic mass is 16.1. The number of anilines is 2. The molecule has 1 amide bonds. The number of nitrogens with one attached hydrogen (secondary N) is 1. The SMILES string of the molecule is Cc1ccccc1CNc1nccc(N2CCN(C=O)CC2)n1. The van der Waals surface area contributed by atoms with Gasteiger partial charge in [0.15, 0.2) is 0 Å². The number of aromatic nitrogens is 2. The normalized spacial score (nSPS) is 14.7. The van der Waals surface area contributed by atoms with Crippen LogP contribution in [0.1, 0.15) is 11.1 Å². The number of amides is 1. The van der Waals surface area contributed by atoms with Gasteiger partial charge in [0.05, 0.1) is 0 Å². The maximum absolute atomic E-state index is 10.8. The highest BCUT2D eigenvalue weighted by Gasteiger charge is 2.17. The van der Waals surface area contributed by atoms with Gasteiger partial charge >= 0.3 is 0 Å². The van der Waals surface area contributed by atoms with Gasteiger partial charge in [-0.15, -0.1) is 0 Å². The Hall–Kier alpha value is -2.63. The lowest BCUT2D eigenvalue weighted by molar-refractivity contribution is -0.118. The second-order valence-electron chi connectivity index (χ2n) is 5.65. The Labute approximate surface area is 136 Å². The third kappa shape index (κ3) is 3.77. The minimum absolute atomic E-state index is 0.628. The van der Waals surface area contributed by atoms with Crippen molar-refractivity contribution in [1.29, 1.82) is 0 Å². The predicted molar refractivity (Wildman–Crippen MR) is 90.4 cm³/mol. The lowest BCUT2D eigenvalue weighted by Gasteiger charge is -2.33. The first-order valence-corrected chi connectivity index (χ1v) is 7.82. The zero-order valence-corrected chi connectivity index (χ0v) is 13.3. The Morgan fingerprint density at radius 1 is 1.17 bits per heavy atom. The Morgan fingerprint density at radius 2 is 1.96 bits per heavy atom. The number of carbonyl (C=O) groups excluding carboxylic acids is 1. The average Bonchev–Trinajstić information content (AvgIpc) is 2.61. The van der Waals surface area contributed by atoms with E-state index in [1.165, 1.54) is 11.1 Å². The van der Waals surface area contributed by atoms with Crippen molar-refractivity contribution in [3.63, 3.8) is 0 Å². The molecular formula is C17H21N5O. The van der Waals surface area contributed by atoms with Crippen LogP contribution in [0.2, 0.25) is 0 Å². The molecule has 0 atom stereocenters. The molecule has 0 saturated carbocycles. The van der Waals surface area contributed by atoms with E-state index in [2.05, 4.69) is 39.2 Å². The minimum Gasteiger partial charge on any atom is -0.353 e. The largest absolute Gasteiger partial charge is 0.353 e. The van der Waals surface area contributed by atoms with Crippen molar-refractivity contribution < 1.29 is 4.79 Å². The van der Waals surface area contributed by atoms with E-state index in [4.69, 9.17) is 0 Å².